The number of hydrogen-bond donors (Lipinski definition) is 0. The third kappa shape index (κ3) is 21.3. The Kier molecular flexibility index (Phi) is 30.1. The molecule has 0 bridgehead atoms. The first-order chi connectivity index (χ1) is 45.9. The first kappa shape index (κ1) is 74.3. The van der Waals surface area contributed by atoms with Crippen molar-refractivity contribution in [3.8, 4) is 12.1 Å². The molecule has 0 amide bonds. The summed E-state index contributed by atoms with van der Waals surface area (Å²) >= 11 is 0. The van der Waals surface area contributed by atoms with E-state index in [1.165, 1.54) is 30.4 Å². The Balaban J connectivity index is 1.76. The van der Waals surface area contributed by atoms with E-state index in [0.717, 1.165) is 54.6 Å². The molecule has 492 valence electrons. The van der Waals surface area contributed by atoms with Gasteiger partial charge in [-0.2, -0.15) is 10.5 Å². The Bertz CT molecular complexity index is 3580. The molecule has 3 unspecified atom stereocenters. The third-order valence-electron chi connectivity index (χ3n) is 15.6. The molecule has 0 N–H and O–H groups in total. The Labute approximate surface area is 558 Å². The molecule has 95 heavy (non-hydrogen) atoms. The van der Waals surface area contributed by atoms with Crippen molar-refractivity contribution in [1.29, 1.82) is 10.5 Å². The van der Waals surface area contributed by atoms with E-state index in [4.69, 9.17) is 43.4 Å². The van der Waals surface area contributed by atoms with E-state index in [2.05, 4.69) is 39.0 Å². The van der Waals surface area contributed by atoms with E-state index in [0.29, 0.717) is 67.1 Å². The Morgan fingerprint density at radius 2 is 0.589 bits per heavy atom. The highest BCUT2D eigenvalue weighted by Gasteiger charge is 2.42. The van der Waals surface area contributed by atoms with Crippen LogP contribution in [0.5, 0.6) is 0 Å². The molecule has 0 aliphatic carbocycles. The largest absolute Gasteiger partial charge is 0.466 e. The minimum Gasteiger partial charge on any atom is -0.466 e. The van der Waals surface area contributed by atoms with Gasteiger partial charge in [0.1, 0.15) is 36.5 Å². The van der Waals surface area contributed by atoms with Crippen LogP contribution in [0.15, 0.2) is 150 Å². The van der Waals surface area contributed by atoms with E-state index in [1.807, 2.05) is 106 Å². The van der Waals surface area contributed by atoms with Crippen LogP contribution in [-0.4, -0.2) is 127 Å². The Hall–Kier alpha value is -11.4. The third-order valence-corrected chi connectivity index (χ3v) is 15.6. The lowest BCUT2D eigenvalue weighted by atomic mass is 10.1. The van der Waals surface area contributed by atoms with Gasteiger partial charge >= 0.3 is 29.8 Å². The number of esters is 5. The smallest absolute Gasteiger partial charge is 0.349 e. The highest BCUT2D eigenvalue weighted by molar-refractivity contribution is 6.00. The molecular formula is C75H82N10O10. The quantitative estimate of drug-likeness (QED) is 0.0123. The molecule has 0 heterocycles. The molecule has 20 heteroatoms. The van der Waals surface area contributed by atoms with Crippen molar-refractivity contribution in [1.82, 2.24) is 0 Å². The summed E-state index contributed by atoms with van der Waals surface area (Å²) in [5, 5.41) is 21.1. The highest BCUT2D eigenvalue weighted by Crippen LogP contribution is 2.27. The zero-order valence-electron chi connectivity index (χ0n) is 55.7. The summed E-state index contributed by atoms with van der Waals surface area (Å²) in [6, 6.07) is 38.5. The van der Waals surface area contributed by atoms with Gasteiger partial charge in [0, 0.05) is 93.9 Å². The van der Waals surface area contributed by atoms with Crippen molar-refractivity contribution >= 4 is 88.7 Å². The van der Waals surface area contributed by atoms with Crippen LogP contribution in [0.2, 0.25) is 0 Å². The second-order valence-corrected chi connectivity index (χ2v) is 21.0. The lowest BCUT2D eigenvalue weighted by Crippen LogP contribution is -2.50. The molecule has 0 radical (unpaired) electrons. The maximum absolute atomic E-state index is 14.9. The number of anilines is 5. The fraction of sp³-hybridized carbons (Fsp3) is 0.333. The maximum Gasteiger partial charge on any atom is 0.349 e. The van der Waals surface area contributed by atoms with E-state index in [1.54, 1.807) is 97.1 Å². The van der Waals surface area contributed by atoms with Crippen LogP contribution in [0.3, 0.4) is 0 Å². The van der Waals surface area contributed by atoms with Crippen LogP contribution in [0.1, 0.15) is 97.1 Å². The van der Waals surface area contributed by atoms with Gasteiger partial charge in [-0.1, -0.05) is 60.7 Å². The van der Waals surface area contributed by atoms with Crippen molar-refractivity contribution in [3.63, 3.8) is 0 Å². The van der Waals surface area contributed by atoms with Crippen molar-refractivity contribution in [3.05, 3.63) is 212 Å². The lowest BCUT2D eigenvalue weighted by Gasteiger charge is -2.32. The zero-order valence-corrected chi connectivity index (χ0v) is 55.7. The normalized spacial score (nSPS) is 12.5. The average Bonchev–Trinajstić information content (AvgIpc) is 0.916. The zero-order chi connectivity index (χ0) is 69.4. The molecule has 0 aliphatic heterocycles. The van der Waals surface area contributed by atoms with Gasteiger partial charge < -0.3 is 48.2 Å². The first-order valence-electron chi connectivity index (χ1n) is 31.7. The van der Waals surface area contributed by atoms with E-state index >= 15 is 0 Å². The molecule has 5 aromatic rings. The minimum atomic E-state index is -2.30. The molecule has 3 atom stereocenters. The topological polar surface area (TPSA) is 208 Å². The number of rotatable bonds is 34. The summed E-state index contributed by atoms with van der Waals surface area (Å²) in [5.41, 5.74) is 3.37. The minimum absolute atomic E-state index is 0.375. The molecule has 0 aliphatic rings. The van der Waals surface area contributed by atoms with E-state index in [9.17, 15) is 34.5 Å². The number of nitrogens with zero attached hydrogens (tertiary/aromatic N) is 10. The second kappa shape index (κ2) is 38.5. The number of ether oxygens (including phenoxy) is 5. The second-order valence-electron chi connectivity index (χ2n) is 21.0. The SMILES string of the molecule is [C-]#[N+]/C(=C\c1ccc(N(CC)CC)cc1)C(=O)OCC(OC(=O)/C(C#N)=C/c1ccc(N(CC)CC)cc1)C(OC(=O)/C(=C/c1ccc(N(CC)CC)cc1)[N+]#[C-])C(COC(=O)/C(C#N)=C/c1ccc(N(CC)CC)cc1)OC(=O)/C(=C/c1ccc(N(CC)CC)cc1)[N+]#[C-]. The van der Waals surface area contributed by atoms with Gasteiger partial charge in [0.25, 0.3) is 17.1 Å². The van der Waals surface area contributed by atoms with Gasteiger partial charge in [0.05, 0.1) is 19.7 Å². The van der Waals surface area contributed by atoms with E-state index < -0.39 is 89.6 Å². The fourth-order valence-corrected chi connectivity index (χ4v) is 10.2. The standard InChI is InChI=1S/C75H82N10O10/c1-14-81(15-2)60-34-24-53(25-35-60)44-58(49-76)71(86)91-51-69(94-74(89)66(79-12)47-56-30-40-63(41-31-56)84(20-7)21-8)70(95-75(90)67(80-13)48-57-32-42-64(43-33-57)85(22-9)23-10)68(93-72(87)59(50-77)45-54-26-36-61(37-27-54)82(16-3)17-4)52-92-73(88)65(78-11)46-55-28-38-62(39-29-55)83(18-5)19-6/h24-48,68-70H,14-23,51-52H2,1-10H3/b58-44+,59-45+,65-46-,66-47-,67-48-. The van der Waals surface area contributed by atoms with Crippen LogP contribution in [0.4, 0.5) is 28.4 Å². The number of carbonyl (C=O) groups is 5. The molecule has 0 fully saturated rings. The summed E-state index contributed by atoms with van der Waals surface area (Å²) in [6.45, 7) is 49.3. The summed E-state index contributed by atoms with van der Waals surface area (Å²) in [6.07, 6.45) is -0.464. The summed E-state index contributed by atoms with van der Waals surface area (Å²) in [5.74, 6) is -6.72. The number of nitriles is 2. The summed E-state index contributed by atoms with van der Waals surface area (Å²) in [7, 11) is 0. The molecule has 20 nitrogen and oxygen atoms in total. The predicted molar refractivity (Wildman–Crippen MR) is 372 cm³/mol. The molecule has 0 saturated carbocycles. The number of hydrogen-bond acceptors (Lipinski definition) is 17. The van der Waals surface area contributed by atoms with Gasteiger partial charge in [-0.25, -0.2) is 24.1 Å². The monoisotopic (exact) mass is 1280 g/mol. The lowest BCUT2D eigenvalue weighted by molar-refractivity contribution is -0.191. The summed E-state index contributed by atoms with van der Waals surface area (Å²) < 4.78 is 29.9. The van der Waals surface area contributed by atoms with Crippen LogP contribution < -0.4 is 24.5 Å². The van der Waals surface area contributed by atoms with Crippen LogP contribution in [-0.2, 0) is 47.7 Å². The fourth-order valence-electron chi connectivity index (χ4n) is 10.2. The van der Waals surface area contributed by atoms with Gasteiger partial charge in [-0.15, -0.1) is 0 Å². The predicted octanol–water partition coefficient (Wildman–Crippen LogP) is 13.1. The molecule has 5 aromatic carbocycles. The Morgan fingerprint density at radius 3 is 0.853 bits per heavy atom. The molecule has 0 aromatic heterocycles. The molecular weight excluding hydrogens is 1200 g/mol. The van der Waals surface area contributed by atoms with Crippen LogP contribution in [0, 0.1) is 42.4 Å². The molecule has 0 spiro atoms. The van der Waals surface area contributed by atoms with Crippen molar-refractivity contribution in [2.24, 2.45) is 0 Å². The number of carbonyl (C=O) groups excluding carboxylic acids is 5. The summed E-state index contributed by atoms with van der Waals surface area (Å²) in [4.78, 5) is 93.8. The van der Waals surface area contributed by atoms with Gasteiger partial charge in [-0.3, -0.25) is 14.4 Å². The van der Waals surface area contributed by atoms with Crippen LogP contribution >= 0.6 is 0 Å². The van der Waals surface area contributed by atoms with Crippen molar-refractivity contribution < 1.29 is 47.7 Å². The molecule has 0 saturated heterocycles. The van der Waals surface area contributed by atoms with E-state index in [-0.39, 0.29) is 0 Å². The van der Waals surface area contributed by atoms with Gasteiger partial charge in [-0.05, 0) is 188 Å². The maximum atomic E-state index is 14.9. The molecule has 5 rings (SSSR count). The number of benzene rings is 5. The van der Waals surface area contributed by atoms with Crippen LogP contribution in [0.25, 0.3) is 44.9 Å². The van der Waals surface area contributed by atoms with Crippen molar-refractivity contribution in [2.75, 3.05) is 103 Å². The highest BCUT2D eigenvalue weighted by atomic mass is 16.6. The average molecular weight is 1280 g/mol. The van der Waals surface area contributed by atoms with Gasteiger partial charge in [0.2, 0.25) is 0 Å². The Morgan fingerprint density at radius 1 is 0.358 bits per heavy atom. The first-order valence-corrected chi connectivity index (χ1v) is 31.7. The van der Waals surface area contributed by atoms with Crippen molar-refractivity contribution in [2.45, 2.75) is 87.5 Å². The van der Waals surface area contributed by atoms with Gasteiger partial charge in [0.15, 0.2) is 18.3 Å².